The number of carbonyl (C=O) groups is 2. The van der Waals surface area contributed by atoms with Gasteiger partial charge in [-0.05, 0) is 51.4 Å². The summed E-state index contributed by atoms with van der Waals surface area (Å²) in [5.41, 5.74) is 0. The molecule has 0 rings (SSSR count). The van der Waals surface area contributed by atoms with E-state index in [1.54, 1.807) is 0 Å². The average Bonchev–Trinajstić information content (AvgIpc) is 2.96. The van der Waals surface area contributed by atoms with Gasteiger partial charge in [0.1, 0.15) is 0 Å². The topological polar surface area (TPSA) is 52.6 Å². The van der Waals surface area contributed by atoms with Gasteiger partial charge in [-0.3, -0.25) is 0 Å². The second kappa shape index (κ2) is 32.4. The molecule has 0 aromatic heterocycles. The van der Waals surface area contributed by atoms with E-state index in [4.69, 9.17) is 9.47 Å². The van der Waals surface area contributed by atoms with E-state index in [-0.39, 0.29) is 37.0 Å². The predicted octanol–water partition coefficient (Wildman–Crippen LogP) is 4.82. The van der Waals surface area contributed by atoms with Gasteiger partial charge in [0.25, 0.3) is 0 Å². The van der Waals surface area contributed by atoms with Gasteiger partial charge >= 0.3 is 12.2 Å². The first-order chi connectivity index (χ1) is 20.2. The summed E-state index contributed by atoms with van der Waals surface area (Å²) in [5, 5.41) is 0. The monoisotopic (exact) mass is 669 g/mol. The Kier molecular flexibility index (Phi) is 35.2. The normalized spacial score (nSPS) is 11.5. The molecule has 0 aliphatic heterocycles. The average molecular weight is 670 g/mol. The number of rotatable bonds is 29. The van der Waals surface area contributed by atoms with Crippen molar-refractivity contribution in [1.82, 2.24) is 0 Å². The SMILES string of the molecule is CCCCCCCCCCCC[N+](C)(C)C(=O)OCCCCCCOC(=O)[N+](C)(C)CCCCCCCCCCCC.[Cl-].[Cl-]. The second-order valence-corrected chi connectivity index (χ2v) is 13.8. The molecule has 6 nitrogen and oxygen atoms in total. The van der Waals surface area contributed by atoms with Crippen molar-refractivity contribution in [3.8, 4) is 0 Å². The number of quaternary nitrogens is 2. The molecule has 266 valence electrons. The highest BCUT2D eigenvalue weighted by Gasteiger charge is 2.28. The van der Waals surface area contributed by atoms with Crippen LogP contribution in [-0.2, 0) is 9.47 Å². The molecular formula is C36H74Cl2N2O4. The van der Waals surface area contributed by atoms with Gasteiger partial charge in [-0.1, -0.05) is 117 Å². The highest BCUT2D eigenvalue weighted by Crippen LogP contribution is 2.14. The molecule has 0 aromatic carbocycles. The Morgan fingerprint density at radius 1 is 0.386 bits per heavy atom. The van der Waals surface area contributed by atoms with Gasteiger partial charge in [0.15, 0.2) is 0 Å². The van der Waals surface area contributed by atoms with Crippen LogP contribution in [-0.4, -0.2) is 75.6 Å². The lowest BCUT2D eigenvalue weighted by atomic mass is 10.1. The first kappa shape index (κ1) is 47.8. The first-order valence-corrected chi connectivity index (χ1v) is 18.2. The van der Waals surface area contributed by atoms with Crippen molar-refractivity contribution in [2.45, 2.75) is 168 Å². The maximum atomic E-state index is 12.5. The summed E-state index contributed by atoms with van der Waals surface area (Å²) < 4.78 is 11.8. The predicted molar refractivity (Wildman–Crippen MR) is 179 cm³/mol. The summed E-state index contributed by atoms with van der Waals surface area (Å²) in [5.74, 6) is 0. The van der Waals surface area contributed by atoms with Gasteiger partial charge in [-0.25, -0.2) is 8.97 Å². The molecule has 0 saturated heterocycles. The van der Waals surface area contributed by atoms with E-state index in [9.17, 15) is 9.59 Å². The van der Waals surface area contributed by atoms with Crippen LogP contribution in [0, 0.1) is 0 Å². The molecule has 2 amide bonds. The van der Waals surface area contributed by atoms with Crippen molar-refractivity contribution >= 4 is 12.2 Å². The molecule has 0 unspecified atom stereocenters. The number of hydrogen-bond acceptors (Lipinski definition) is 4. The number of ether oxygens (including phenoxy) is 2. The molecule has 0 fully saturated rings. The van der Waals surface area contributed by atoms with E-state index in [1.165, 1.54) is 116 Å². The summed E-state index contributed by atoms with van der Waals surface area (Å²) >= 11 is 0. The smallest absolute Gasteiger partial charge is 0.515 e. The third-order valence-electron chi connectivity index (χ3n) is 8.62. The molecule has 0 aliphatic carbocycles. The third-order valence-corrected chi connectivity index (χ3v) is 8.62. The minimum absolute atomic E-state index is 0. The van der Waals surface area contributed by atoms with Crippen molar-refractivity contribution in [2.24, 2.45) is 0 Å². The van der Waals surface area contributed by atoms with Crippen LogP contribution < -0.4 is 24.8 Å². The summed E-state index contributed by atoms with van der Waals surface area (Å²) in [6.07, 6.45) is 29.5. The van der Waals surface area contributed by atoms with Crippen LogP contribution in [0.5, 0.6) is 0 Å². The van der Waals surface area contributed by atoms with E-state index in [2.05, 4.69) is 13.8 Å². The zero-order valence-electron chi connectivity index (χ0n) is 30.1. The second-order valence-electron chi connectivity index (χ2n) is 13.8. The summed E-state index contributed by atoms with van der Waals surface area (Å²) in [6, 6.07) is 0. The Labute approximate surface area is 286 Å². The highest BCUT2D eigenvalue weighted by atomic mass is 35.5. The molecule has 0 atom stereocenters. The summed E-state index contributed by atoms with van der Waals surface area (Å²) in [4.78, 5) is 25.1. The van der Waals surface area contributed by atoms with Crippen LogP contribution in [0.25, 0.3) is 0 Å². The van der Waals surface area contributed by atoms with Crippen LogP contribution in [0.2, 0.25) is 0 Å². The maximum Gasteiger partial charge on any atom is 0.515 e. The number of unbranched alkanes of at least 4 members (excludes halogenated alkanes) is 21. The van der Waals surface area contributed by atoms with Crippen molar-refractivity contribution < 1.29 is 52.8 Å². The van der Waals surface area contributed by atoms with Crippen molar-refractivity contribution in [3.05, 3.63) is 0 Å². The molecule has 0 aromatic rings. The van der Waals surface area contributed by atoms with E-state index >= 15 is 0 Å². The minimum Gasteiger partial charge on any atom is -1.00 e. The molecule has 0 aliphatic rings. The highest BCUT2D eigenvalue weighted by molar-refractivity contribution is 5.59. The van der Waals surface area contributed by atoms with Crippen LogP contribution in [0.1, 0.15) is 168 Å². The molecule has 0 bridgehead atoms. The fourth-order valence-corrected chi connectivity index (χ4v) is 5.40. The van der Waals surface area contributed by atoms with Crippen LogP contribution in [0.3, 0.4) is 0 Å². The lowest BCUT2D eigenvalue weighted by Gasteiger charge is -2.25. The van der Waals surface area contributed by atoms with Crippen LogP contribution in [0.15, 0.2) is 0 Å². The Morgan fingerprint density at radius 2 is 0.614 bits per heavy atom. The van der Waals surface area contributed by atoms with Gasteiger partial charge in [0.2, 0.25) is 0 Å². The van der Waals surface area contributed by atoms with E-state index < -0.39 is 0 Å². The molecule has 0 spiro atoms. The Morgan fingerprint density at radius 3 is 0.886 bits per heavy atom. The van der Waals surface area contributed by atoms with E-state index in [1.807, 2.05) is 28.2 Å². The number of amides is 2. The lowest BCUT2D eigenvalue weighted by Crippen LogP contribution is -3.00. The molecule has 0 N–H and O–H groups in total. The third kappa shape index (κ3) is 28.9. The minimum atomic E-state index is -0.123. The summed E-state index contributed by atoms with van der Waals surface area (Å²) in [7, 11) is 7.84. The number of hydrogen-bond donors (Lipinski definition) is 0. The number of carbonyl (C=O) groups excluding carboxylic acids is 2. The van der Waals surface area contributed by atoms with Crippen LogP contribution in [0.4, 0.5) is 9.59 Å². The number of nitrogens with zero attached hydrogens (tertiary/aromatic N) is 2. The Bertz CT molecular complexity index is 594. The maximum absolute atomic E-state index is 12.5. The molecular weight excluding hydrogens is 595 g/mol. The van der Waals surface area contributed by atoms with E-state index in [0.717, 1.165) is 51.6 Å². The quantitative estimate of drug-likeness (QED) is 0.0847. The Balaban J connectivity index is -0.00000840. The van der Waals surface area contributed by atoms with Gasteiger partial charge in [0.05, 0.1) is 54.5 Å². The van der Waals surface area contributed by atoms with Crippen molar-refractivity contribution in [2.75, 3.05) is 54.5 Å². The fourth-order valence-electron chi connectivity index (χ4n) is 5.40. The number of halogens is 2. The largest absolute Gasteiger partial charge is 1.00 e. The zero-order valence-corrected chi connectivity index (χ0v) is 31.6. The van der Waals surface area contributed by atoms with Gasteiger partial charge in [-0.2, -0.15) is 9.59 Å². The standard InChI is InChI=1S/C36H74N2O4.2ClH/c1-7-9-11-13-15-17-19-21-23-27-31-37(3,4)35(39)41-33-29-25-26-30-34-42-36(40)38(5,6)32-28-24-22-20-18-16-14-12-10-8-2;;/h7-34H2,1-6H3;2*1H/q+2;;/p-2. The Hall–Kier alpha value is -0.560. The molecule has 0 radical (unpaired) electrons. The van der Waals surface area contributed by atoms with Gasteiger partial charge in [-0.15, -0.1) is 0 Å². The molecule has 44 heavy (non-hydrogen) atoms. The lowest BCUT2D eigenvalue weighted by molar-refractivity contribution is -0.817. The zero-order chi connectivity index (χ0) is 31.4. The first-order valence-electron chi connectivity index (χ1n) is 18.2. The molecule has 0 saturated carbocycles. The van der Waals surface area contributed by atoms with Crippen molar-refractivity contribution in [1.29, 1.82) is 0 Å². The van der Waals surface area contributed by atoms with Crippen LogP contribution >= 0.6 is 0 Å². The van der Waals surface area contributed by atoms with E-state index in [0.29, 0.717) is 22.2 Å². The van der Waals surface area contributed by atoms with Gasteiger partial charge < -0.3 is 34.3 Å². The van der Waals surface area contributed by atoms with Gasteiger partial charge in [0, 0.05) is 0 Å². The van der Waals surface area contributed by atoms with Crippen molar-refractivity contribution in [3.63, 3.8) is 0 Å². The molecule has 8 heteroatoms. The molecule has 0 heterocycles. The summed E-state index contributed by atoms with van der Waals surface area (Å²) in [6.45, 7) is 7.16. The fraction of sp³-hybridized carbons (Fsp3) is 0.944.